The van der Waals surface area contributed by atoms with E-state index in [4.69, 9.17) is 14.2 Å². The molecule has 1 fully saturated rings. The lowest BCUT2D eigenvalue weighted by Gasteiger charge is -2.15. The Kier molecular flexibility index (Phi) is 7.03. The first-order chi connectivity index (χ1) is 16.1. The fraction of sp³-hybridized carbons (Fsp3) is 0.304. The van der Waals surface area contributed by atoms with Gasteiger partial charge in [0.25, 0.3) is 5.91 Å². The number of likely N-dealkylation sites (tertiary alicyclic amines) is 1. The largest absolute Gasteiger partial charge is 0.484 e. The summed E-state index contributed by atoms with van der Waals surface area (Å²) < 4.78 is 16.1. The van der Waals surface area contributed by atoms with E-state index < -0.39 is 11.8 Å². The zero-order chi connectivity index (χ0) is 23.0. The van der Waals surface area contributed by atoms with E-state index in [0.29, 0.717) is 22.8 Å². The van der Waals surface area contributed by atoms with Crippen molar-refractivity contribution in [2.24, 2.45) is 5.10 Å². The molecule has 0 aliphatic carbocycles. The molecule has 0 spiro atoms. The minimum Gasteiger partial charge on any atom is -0.484 e. The van der Waals surface area contributed by atoms with Crippen molar-refractivity contribution in [3.05, 3.63) is 53.6 Å². The normalized spacial score (nSPS) is 14.4. The molecule has 0 saturated carbocycles. The molecule has 1 saturated heterocycles. The van der Waals surface area contributed by atoms with Gasteiger partial charge in [-0.2, -0.15) is 5.10 Å². The first-order valence-electron chi connectivity index (χ1n) is 10.6. The zero-order valence-electron chi connectivity index (χ0n) is 17.9. The van der Waals surface area contributed by atoms with Crippen LogP contribution in [0.1, 0.15) is 24.0 Å². The molecule has 0 bridgehead atoms. The second-order valence-electron chi connectivity index (χ2n) is 7.52. The molecule has 2 aromatic rings. The van der Waals surface area contributed by atoms with Crippen molar-refractivity contribution in [2.45, 2.75) is 19.4 Å². The van der Waals surface area contributed by atoms with Crippen molar-refractivity contribution in [1.82, 2.24) is 15.6 Å². The van der Waals surface area contributed by atoms with Crippen LogP contribution >= 0.6 is 0 Å². The van der Waals surface area contributed by atoms with Gasteiger partial charge in [-0.3, -0.25) is 14.4 Å². The van der Waals surface area contributed by atoms with E-state index >= 15 is 0 Å². The number of amides is 3. The highest BCUT2D eigenvalue weighted by Crippen LogP contribution is 2.32. The molecule has 3 amide bonds. The highest BCUT2D eigenvalue weighted by Gasteiger charge is 2.18. The van der Waals surface area contributed by atoms with Gasteiger partial charge in [0.15, 0.2) is 18.1 Å². The number of hydrogen-bond donors (Lipinski definition) is 2. The van der Waals surface area contributed by atoms with Gasteiger partial charge in [0.2, 0.25) is 6.79 Å². The Balaban J connectivity index is 1.21. The van der Waals surface area contributed by atoms with Crippen molar-refractivity contribution in [3.8, 4) is 17.2 Å². The van der Waals surface area contributed by atoms with Gasteiger partial charge in [-0.05, 0) is 48.2 Å². The number of nitrogens with zero attached hydrogens (tertiary/aromatic N) is 2. The van der Waals surface area contributed by atoms with Crippen molar-refractivity contribution in [3.63, 3.8) is 0 Å². The summed E-state index contributed by atoms with van der Waals surface area (Å²) in [6, 6.07) is 12.2. The molecule has 33 heavy (non-hydrogen) atoms. The van der Waals surface area contributed by atoms with Gasteiger partial charge in [0.05, 0.1) is 6.21 Å². The average molecular weight is 452 g/mol. The van der Waals surface area contributed by atoms with Crippen molar-refractivity contribution in [1.29, 1.82) is 0 Å². The molecule has 172 valence electrons. The first kappa shape index (κ1) is 22.1. The summed E-state index contributed by atoms with van der Waals surface area (Å²) in [6.07, 6.45) is 3.44. The van der Waals surface area contributed by atoms with Crippen LogP contribution in [0, 0.1) is 0 Å². The summed E-state index contributed by atoms with van der Waals surface area (Å²) in [4.78, 5) is 37.8. The standard InChI is InChI=1S/C23H24N4O6/c28-21(27-8-1-2-9-27)14-31-18-5-3-4-16(10-18)13-25-26-23(30)22(29)24-12-17-6-7-19-20(11-17)33-15-32-19/h3-7,10-11,13H,1-2,8-9,12,14-15H2,(H,24,29)(H,26,30)/b25-13-. The number of carbonyl (C=O) groups is 3. The van der Waals surface area contributed by atoms with Gasteiger partial charge in [-0.25, -0.2) is 5.43 Å². The smallest absolute Gasteiger partial charge is 0.329 e. The second-order valence-corrected chi connectivity index (χ2v) is 7.52. The van der Waals surface area contributed by atoms with E-state index in [0.717, 1.165) is 31.5 Å². The van der Waals surface area contributed by atoms with Gasteiger partial charge < -0.3 is 24.4 Å². The van der Waals surface area contributed by atoms with Gasteiger partial charge in [-0.15, -0.1) is 0 Å². The van der Waals surface area contributed by atoms with E-state index in [1.54, 1.807) is 47.4 Å². The molecule has 10 nitrogen and oxygen atoms in total. The first-order valence-corrected chi connectivity index (χ1v) is 10.6. The Morgan fingerprint density at radius 3 is 2.70 bits per heavy atom. The highest BCUT2D eigenvalue weighted by atomic mass is 16.7. The van der Waals surface area contributed by atoms with Crippen LogP contribution in [-0.4, -0.2) is 55.3 Å². The number of rotatable bonds is 7. The molecular formula is C23H24N4O6. The number of hydrogen-bond acceptors (Lipinski definition) is 7. The molecule has 0 aromatic heterocycles. The average Bonchev–Trinajstić information content (AvgIpc) is 3.53. The van der Waals surface area contributed by atoms with E-state index in [-0.39, 0.29) is 25.9 Å². The molecular weight excluding hydrogens is 428 g/mol. The van der Waals surface area contributed by atoms with Crippen LogP contribution in [0.25, 0.3) is 0 Å². The van der Waals surface area contributed by atoms with Gasteiger partial charge in [-0.1, -0.05) is 18.2 Å². The molecule has 4 rings (SSSR count). The minimum atomic E-state index is -0.893. The maximum absolute atomic E-state index is 12.1. The highest BCUT2D eigenvalue weighted by molar-refractivity contribution is 6.35. The summed E-state index contributed by atoms with van der Waals surface area (Å²) in [5, 5.41) is 6.33. The topological polar surface area (TPSA) is 119 Å². The number of carbonyl (C=O) groups excluding carboxylic acids is 3. The molecule has 0 atom stereocenters. The summed E-state index contributed by atoms with van der Waals surface area (Å²) in [5.74, 6) is 0.00931. The molecule has 2 aromatic carbocycles. The third-order valence-corrected chi connectivity index (χ3v) is 5.16. The molecule has 0 radical (unpaired) electrons. The third-order valence-electron chi connectivity index (χ3n) is 5.16. The van der Waals surface area contributed by atoms with Crippen LogP contribution in [0.5, 0.6) is 17.2 Å². The van der Waals surface area contributed by atoms with Gasteiger partial charge in [0, 0.05) is 19.6 Å². The SMILES string of the molecule is O=C(NCc1ccc2c(c1)OCO2)C(=O)N/N=C\c1cccc(OCC(=O)N2CCCC2)c1. The van der Waals surface area contributed by atoms with E-state index in [1.807, 2.05) is 0 Å². The fourth-order valence-electron chi connectivity index (χ4n) is 3.42. The number of hydrazone groups is 1. The Labute approximate surface area is 190 Å². The monoisotopic (exact) mass is 452 g/mol. The predicted octanol–water partition coefficient (Wildman–Crippen LogP) is 1.18. The van der Waals surface area contributed by atoms with Crippen LogP contribution < -0.4 is 25.0 Å². The molecule has 2 heterocycles. The summed E-state index contributed by atoms with van der Waals surface area (Å²) in [6.45, 7) is 1.85. The van der Waals surface area contributed by atoms with Gasteiger partial charge in [0.1, 0.15) is 5.75 Å². The second kappa shape index (κ2) is 10.5. The molecule has 2 N–H and O–H groups in total. The number of benzene rings is 2. The van der Waals surface area contributed by atoms with Crippen LogP contribution in [-0.2, 0) is 20.9 Å². The summed E-state index contributed by atoms with van der Waals surface area (Å²) in [5.41, 5.74) is 3.60. The Hall–Kier alpha value is -4.08. The minimum absolute atomic E-state index is 0.0269. The third kappa shape index (κ3) is 6.00. The van der Waals surface area contributed by atoms with E-state index in [1.165, 1.54) is 6.21 Å². The number of ether oxygens (including phenoxy) is 3. The Morgan fingerprint density at radius 2 is 1.85 bits per heavy atom. The summed E-state index contributed by atoms with van der Waals surface area (Å²) >= 11 is 0. The van der Waals surface area contributed by atoms with Crippen LogP contribution in [0.3, 0.4) is 0 Å². The molecule has 10 heteroatoms. The predicted molar refractivity (Wildman–Crippen MR) is 118 cm³/mol. The Morgan fingerprint density at radius 1 is 1.03 bits per heavy atom. The molecule has 2 aliphatic heterocycles. The zero-order valence-corrected chi connectivity index (χ0v) is 17.9. The van der Waals surface area contributed by atoms with E-state index in [9.17, 15) is 14.4 Å². The van der Waals surface area contributed by atoms with E-state index in [2.05, 4.69) is 15.8 Å². The maximum Gasteiger partial charge on any atom is 0.329 e. The Bertz CT molecular complexity index is 1060. The quantitative estimate of drug-likeness (QED) is 0.370. The molecule has 2 aliphatic rings. The van der Waals surface area contributed by atoms with Crippen molar-refractivity contribution >= 4 is 23.9 Å². The lowest BCUT2D eigenvalue weighted by atomic mass is 10.2. The molecule has 0 unspecified atom stereocenters. The van der Waals surface area contributed by atoms with Crippen LogP contribution in [0.2, 0.25) is 0 Å². The lowest BCUT2D eigenvalue weighted by Crippen LogP contribution is -2.37. The maximum atomic E-state index is 12.1. The van der Waals surface area contributed by atoms with Crippen LogP contribution in [0.15, 0.2) is 47.6 Å². The lowest BCUT2D eigenvalue weighted by molar-refractivity contribution is -0.139. The van der Waals surface area contributed by atoms with Gasteiger partial charge >= 0.3 is 11.8 Å². The summed E-state index contributed by atoms with van der Waals surface area (Å²) in [7, 11) is 0. The number of fused-ring (bicyclic) bond motifs is 1. The van der Waals surface area contributed by atoms with Crippen LogP contribution in [0.4, 0.5) is 0 Å². The van der Waals surface area contributed by atoms with Crippen molar-refractivity contribution in [2.75, 3.05) is 26.5 Å². The number of nitrogens with one attached hydrogen (secondary N) is 2. The van der Waals surface area contributed by atoms with Crippen molar-refractivity contribution < 1.29 is 28.6 Å². The fourth-order valence-corrected chi connectivity index (χ4v) is 3.42.